The molecule has 1 amide bonds. The van der Waals surface area contributed by atoms with E-state index in [2.05, 4.69) is 5.32 Å². The number of nitro groups is 1. The first kappa shape index (κ1) is 21.3. The monoisotopic (exact) mass is 437 g/mol. The largest absolute Gasteiger partial charge is 0.454 e. The third-order valence-corrected chi connectivity index (χ3v) is 5.10. The van der Waals surface area contributed by atoms with Gasteiger partial charge in [0.1, 0.15) is 11.5 Å². The van der Waals surface area contributed by atoms with E-state index in [4.69, 9.17) is 9.47 Å². The summed E-state index contributed by atoms with van der Waals surface area (Å²) in [7, 11) is 1.76. The molecule has 3 aromatic rings. The SMILES string of the molecule is CN(CC(=O)Nc1cc2c(cc1[N+](=O)[O-])OCO2)C(c1ccccc1)c1ccc(F)cc1. The van der Waals surface area contributed by atoms with Crippen LogP contribution in [0.1, 0.15) is 17.2 Å². The Bertz CT molecular complexity index is 1140. The summed E-state index contributed by atoms with van der Waals surface area (Å²) >= 11 is 0. The van der Waals surface area contributed by atoms with Gasteiger partial charge in [0.2, 0.25) is 12.7 Å². The van der Waals surface area contributed by atoms with Crippen molar-refractivity contribution in [1.82, 2.24) is 4.90 Å². The number of hydrogen-bond donors (Lipinski definition) is 1. The minimum absolute atomic E-state index is 0.0238. The van der Waals surface area contributed by atoms with Gasteiger partial charge in [-0.15, -0.1) is 0 Å². The van der Waals surface area contributed by atoms with Crippen LogP contribution in [0.3, 0.4) is 0 Å². The quantitative estimate of drug-likeness (QED) is 0.441. The van der Waals surface area contributed by atoms with E-state index in [-0.39, 0.29) is 42.3 Å². The molecule has 0 saturated carbocycles. The van der Waals surface area contributed by atoms with E-state index in [9.17, 15) is 19.3 Å². The van der Waals surface area contributed by atoms with Crippen LogP contribution < -0.4 is 14.8 Å². The van der Waals surface area contributed by atoms with E-state index in [1.54, 1.807) is 24.1 Å². The van der Waals surface area contributed by atoms with E-state index in [0.29, 0.717) is 5.75 Å². The average molecular weight is 437 g/mol. The highest BCUT2D eigenvalue weighted by Crippen LogP contribution is 2.40. The molecule has 164 valence electrons. The highest BCUT2D eigenvalue weighted by Gasteiger charge is 2.26. The first-order valence-electron chi connectivity index (χ1n) is 9.81. The van der Waals surface area contributed by atoms with Crippen molar-refractivity contribution < 1.29 is 23.6 Å². The van der Waals surface area contributed by atoms with Gasteiger partial charge in [0, 0.05) is 6.07 Å². The highest BCUT2D eigenvalue weighted by atomic mass is 19.1. The normalized spacial score (nSPS) is 13.1. The second-order valence-corrected chi connectivity index (χ2v) is 7.31. The first-order chi connectivity index (χ1) is 15.4. The molecule has 0 fully saturated rings. The van der Waals surface area contributed by atoms with Gasteiger partial charge in [-0.25, -0.2) is 4.39 Å². The van der Waals surface area contributed by atoms with Crippen molar-refractivity contribution >= 4 is 17.3 Å². The van der Waals surface area contributed by atoms with Crippen LogP contribution in [0.15, 0.2) is 66.7 Å². The number of halogens is 1. The Hall–Kier alpha value is -3.98. The molecular formula is C23H20FN3O5. The van der Waals surface area contributed by atoms with Crippen LogP contribution in [-0.2, 0) is 4.79 Å². The van der Waals surface area contributed by atoms with Gasteiger partial charge in [-0.05, 0) is 30.3 Å². The number of carbonyl (C=O) groups is 1. The Morgan fingerprint density at radius 3 is 2.38 bits per heavy atom. The van der Waals surface area contributed by atoms with Crippen molar-refractivity contribution in [3.63, 3.8) is 0 Å². The summed E-state index contributed by atoms with van der Waals surface area (Å²) in [4.78, 5) is 25.5. The number of amides is 1. The molecule has 4 rings (SSSR count). The smallest absolute Gasteiger partial charge is 0.296 e. The van der Waals surface area contributed by atoms with Crippen LogP contribution in [0.25, 0.3) is 0 Å². The second kappa shape index (κ2) is 9.03. The van der Waals surface area contributed by atoms with E-state index in [1.165, 1.54) is 24.3 Å². The number of likely N-dealkylation sites (N-methyl/N-ethyl adjacent to an activating group) is 1. The molecule has 1 atom stereocenters. The molecule has 0 bridgehead atoms. The molecule has 0 radical (unpaired) electrons. The van der Waals surface area contributed by atoms with Crippen LogP contribution in [0, 0.1) is 15.9 Å². The summed E-state index contributed by atoms with van der Waals surface area (Å²) in [5.74, 6) is -0.214. The molecule has 1 heterocycles. The fourth-order valence-corrected chi connectivity index (χ4v) is 3.67. The van der Waals surface area contributed by atoms with Crippen LogP contribution in [0.5, 0.6) is 11.5 Å². The number of nitrogens with one attached hydrogen (secondary N) is 1. The fourth-order valence-electron chi connectivity index (χ4n) is 3.67. The molecule has 0 aromatic heterocycles. The minimum atomic E-state index is -0.591. The number of fused-ring (bicyclic) bond motifs is 1. The van der Waals surface area contributed by atoms with Crippen molar-refractivity contribution in [2.24, 2.45) is 0 Å². The predicted molar refractivity (Wildman–Crippen MR) is 115 cm³/mol. The molecule has 1 aliphatic rings. The summed E-state index contributed by atoms with van der Waals surface area (Å²) in [6.45, 7) is -0.106. The van der Waals surface area contributed by atoms with Gasteiger partial charge in [-0.1, -0.05) is 42.5 Å². The maximum absolute atomic E-state index is 13.5. The average Bonchev–Trinajstić information content (AvgIpc) is 3.22. The van der Waals surface area contributed by atoms with Crippen LogP contribution in [0.2, 0.25) is 0 Å². The van der Waals surface area contributed by atoms with Crippen molar-refractivity contribution in [1.29, 1.82) is 0 Å². The van der Waals surface area contributed by atoms with Gasteiger partial charge in [0.05, 0.1) is 23.6 Å². The summed E-state index contributed by atoms with van der Waals surface area (Å²) in [6.07, 6.45) is 0. The van der Waals surface area contributed by atoms with Gasteiger partial charge in [0.25, 0.3) is 5.69 Å². The number of nitrogens with zero attached hydrogens (tertiary/aromatic N) is 2. The maximum atomic E-state index is 13.5. The lowest BCUT2D eigenvalue weighted by Crippen LogP contribution is -2.34. The summed E-state index contributed by atoms with van der Waals surface area (Å²) < 4.78 is 23.9. The highest BCUT2D eigenvalue weighted by molar-refractivity contribution is 5.95. The van der Waals surface area contributed by atoms with E-state index in [1.807, 2.05) is 30.3 Å². The molecule has 1 unspecified atom stereocenters. The van der Waals surface area contributed by atoms with Crippen molar-refractivity contribution in [3.8, 4) is 11.5 Å². The van der Waals surface area contributed by atoms with Gasteiger partial charge in [-0.3, -0.25) is 19.8 Å². The number of rotatable bonds is 7. The topological polar surface area (TPSA) is 93.9 Å². The number of benzene rings is 3. The third kappa shape index (κ3) is 4.52. The lowest BCUT2D eigenvalue weighted by molar-refractivity contribution is -0.384. The summed E-state index contributed by atoms with van der Waals surface area (Å²) in [5, 5.41) is 14.0. The van der Waals surface area contributed by atoms with Crippen LogP contribution in [0.4, 0.5) is 15.8 Å². The Morgan fingerprint density at radius 2 is 1.72 bits per heavy atom. The van der Waals surface area contributed by atoms with Gasteiger partial charge >= 0.3 is 0 Å². The Morgan fingerprint density at radius 1 is 1.09 bits per heavy atom. The van der Waals surface area contributed by atoms with Gasteiger partial charge in [-0.2, -0.15) is 0 Å². The standard InChI is InChI=1S/C23H20FN3O5/c1-26(23(15-5-3-2-4-6-15)16-7-9-17(24)10-8-16)13-22(28)25-18-11-20-21(32-14-31-20)12-19(18)27(29)30/h2-12,23H,13-14H2,1H3,(H,25,28). The third-order valence-electron chi connectivity index (χ3n) is 5.10. The predicted octanol–water partition coefficient (Wildman–Crippen LogP) is 4.12. The molecule has 32 heavy (non-hydrogen) atoms. The lowest BCUT2D eigenvalue weighted by atomic mass is 9.97. The Balaban J connectivity index is 1.56. The van der Waals surface area contributed by atoms with E-state index < -0.39 is 10.8 Å². The molecule has 9 heteroatoms. The van der Waals surface area contributed by atoms with Crippen molar-refractivity contribution in [3.05, 3.63) is 93.8 Å². The number of anilines is 1. The fraction of sp³-hybridized carbons (Fsp3) is 0.174. The number of carbonyl (C=O) groups excluding carboxylic acids is 1. The van der Waals surface area contributed by atoms with E-state index in [0.717, 1.165) is 11.1 Å². The molecule has 1 N–H and O–H groups in total. The lowest BCUT2D eigenvalue weighted by Gasteiger charge is -2.28. The Kier molecular flexibility index (Phi) is 6.00. The summed E-state index contributed by atoms with van der Waals surface area (Å²) in [6, 6.07) is 17.9. The molecule has 8 nitrogen and oxygen atoms in total. The van der Waals surface area contributed by atoms with Crippen LogP contribution in [-0.4, -0.2) is 36.1 Å². The van der Waals surface area contributed by atoms with Gasteiger partial charge < -0.3 is 14.8 Å². The van der Waals surface area contributed by atoms with Crippen LogP contribution >= 0.6 is 0 Å². The summed E-state index contributed by atoms with van der Waals surface area (Å²) in [5.41, 5.74) is 1.46. The molecule has 0 saturated heterocycles. The Labute approximate surface area is 183 Å². The molecular weight excluding hydrogens is 417 g/mol. The molecule has 1 aliphatic heterocycles. The zero-order valence-electron chi connectivity index (χ0n) is 17.2. The molecule has 3 aromatic carbocycles. The zero-order chi connectivity index (χ0) is 22.7. The maximum Gasteiger partial charge on any atom is 0.296 e. The van der Waals surface area contributed by atoms with Crippen molar-refractivity contribution in [2.45, 2.75) is 6.04 Å². The second-order valence-electron chi connectivity index (χ2n) is 7.31. The number of nitro benzene ring substituents is 1. The number of hydrogen-bond acceptors (Lipinski definition) is 6. The first-order valence-corrected chi connectivity index (χ1v) is 9.81. The van der Waals surface area contributed by atoms with Crippen molar-refractivity contribution in [2.75, 3.05) is 25.7 Å². The van der Waals surface area contributed by atoms with Gasteiger partial charge in [0.15, 0.2) is 11.5 Å². The zero-order valence-corrected chi connectivity index (χ0v) is 17.2. The minimum Gasteiger partial charge on any atom is -0.454 e. The molecule has 0 aliphatic carbocycles. The number of ether oxygens (including phenoxy) is 2. The molecule has 0 spiro atoms. The van der Waals surface area contributed by atoms with E-state index >= 15 is 0 Å².